The number of nitrogens with zero attached hydrogens (tertiary/aromatic N) is 3. The number of methoxy groups -OCH3 is 2. The summed E-state index contributed by atoms with van der Waals surface area (Å²) >= 11 is 0. The fourth-order valence-electron chi connectivity index (χ4n) is 1.68. The first kappa shape index (κ1) is 13.8. The van der Waals surface area contributed by atoms with Crippen LogP contribution in [0.25, 0.3) is 0 Å². The van der Waals surface area contributed by atoms with E-state index in [4.69, 9.17) is 9.47 Å². The zero-order valence-electron chi connectivity index (χ0n) is 11.4. The van der Waals surface area contributed by atoms with Gasteiger partial charge in [-0.2, -0.15) is 5.21 Å². The fourth-order valence-corrected chi connectivity index (χ4v) is 1.68. The second-order valence-corrected chi connectivity index (χ2v) is 4.03. The first-order chi connectivity index (χ1) is 9.65. The van der Waals surface area contributed by atoms with Crippen molar-refractivity contribution in [2.75, 3.05) is 14.2 Å². The van der Waals surface area contributed by atoms with E-state index < -0.39 is 0 Å². The van der Waals surface area contributed by atoms with Crippen molar-refractivity contribution >= 4 is 5.91 Å². The van der Waals surface area contributed by atoms with Crippen LogP contribution in [0.15, 0.2) is 18.2 Å². The van der Waals surface area contributed by atoms with Crippen molar-refractivity contribution in [2.24, 2.45) is 0 Å². The topological polar surface area (TPSA) is 102 Å². The van der Waals surface area contributed by atoms with Gasteiger partial charge in [-0.1, -0.05) is 5.21 Å². The third-order valence-electron chi connectivity index (χ3n) is 2.75. The summed E-state index contributed by atoms with van der Waals surface area (Å²) in [5.74, 6) is 1.13. The largest absolute Gasteiger partial charge is 0.497 e. The highest BCUT2D eigenvalue weighted by molar-refractivity contribution is 5.97. The number of hydrogen-bond donors (Lipinski definition) is 2. The zero-order valence-corrected chi connectivity index (χ0v) is 11.4. The first-order valence-corrected chi connectivity index (χ1v) is 5.92. The molecule has 1 aromatic heterocycles. The highest BCUT2D eigenvalue weighted by Gasteiger charge is 2.18. The summed E-state index contributed by atoms with van der Waals surface area (Å²) in [6.07, 6.45) is 0. The molecule has 0 spiro atoms. The summed E-state index contributed by atoms with van der Waals surface area (Å²) < 4.78 is 10.3. The maximum Gasteiger partial charge on any atom is 0.255 e. The molecule has 0 saturated carbocycles. The maximum atomic E-state index is 12.3. The van der Waals surface area contributed by atoms with Crippen molar-refractivity contribution in [3.63, 3.8) is 0 Å². The minimum atomic E-state index is -0.378. The van der Waals surface area contributed by atoms with E-state index in [-0.39, 0.29) is 11.9 Å². The summed E-state index contributed by atoms with van der Waals surface area (Å²) in [4.78, 5) is 12.3. The Bertz CT molecular complexity index is 585. The van der Waals surface area contributed by atoms with Crippen LogP contribution in [-0.4, -0.2) is 40.8 Å². The maximum absolute atomic E-state index is 12.3. The van der Waals surface area contributed by atoms with Crippen LogP contribution in [0.4, 0.5) is 0 Å². The molecule has 0 aliphatic carbocycles. The standard InChI is InChI=1S/C12H15N5O3/c1-7(11-14-16-17-15-11)13-12(18)9-6-8(19-2)4-5-10(9)20-3/h4-7H,1-3H3,(H,13,18)(H,14,15,16,17). The first-order valence-electron chi connectivity index (χ1n) is 5.92. The molecule has 0 radical (unpaired) electrons. The summed E-state index contributed by atoms with van der Waals surface area (Å²) in [6.45, 7) is 1.76. The minimum absolute atomic E-state index is 0.307. The van der Waals surface area contributed by atoms with E-state index >= 15 is 0 Å². The van der Waals surface area contributed by atoms with Gasteiger partial charge in [0.1, 0.15) is 11.5 Å². The lowest BCUT2D eigenvalue weighted by Gasteiger charge is -2.13. The van der Waals surface area contributed by atoms with Crippen LogP contribution < -0.4 is 14.8 Å². The van der Waals surface area contributed by atoms with Gasteiger partial charge in [-0.3, -0.25) is 4.79 Å². The summed E-state index contributed by atoms with van der Waals surface area (Å²) in [6, 6.07) is 4.62. The molecular weight excluding hydrogens is 262 g/mol. The molecule has 1 unspecified atom stereocenters. The van der Waals surface area contributed by atoms with Gasteiger partial charge in [0.15, 0.2) is 5.82 Å². The third kappa shape index (κ3) is 2.85. The van der Waals surface area contributed by atoms with E-state index in [9.17, 15) is 4.79 Å². The van der Waals surface area contributed by atoms with Gasteiger partial charge in [-0.25, -0.2) is 0 Å². The van der Waals surface area contributed by atoms with Crippen LogP contribution in [0.1, 0.15) is 29.1 Å². The number of carbonyl (C=O) groups excluding carboxylic acids is 1. The second kappa shape index (κ2) is 6.00. The Morgan fingerprint density at radius 2 is 2.15 bits per heavy atom. The number of tetrazole rings is 1. The lowest BCUT2D eigenvalue weighted by atomic mass is 10.1. The molecule has 1 atom stereocenters. The van der Waals surface area contributed by atoms with Crippen molar-refractivity contribution in [3.8, 4) is 11.5 Å². The number of hydrogen-bond acceptors (Lipinski definition) is 6. The molecule has 106 valence electrons. The molecule has 8 nitrogen and oxygen atoms in total. The highest BCUT2D eigenvalue weighted by atomic mass is 16.5. The number of aromatic nitrogens is 4. The lowest BCUT2D eigenvalue weighted by molar-refractivity contribution is 0.0935. The van der Waals surface area contributed by atoms with Crippen LogP contribution in [0.2, 0.25) is 0 Å². The van der Waals surface area contributed by atoms with Crippen molar-refractivity contribution in [3.05, 3.63) is 29.6 Å². The Balaban J connectivity index is 2.20. The molecule has 1 heterocycles. The molecule has 0 fully saturated rings. The van der Waals surface area contributed by atoms with E-state index in [0.717, 1.165) is 0 Å². The SMILES string of the molecule is COc1ccc(OC)c(C(=O)NC(C)c2nn[nH]n2)c1. The van der Waals surface area contributed by atoms with Gasteiger partial charge in [-0.05, 0) is 25.1 Å². The third-order valence-corrected chi connectivity index (χ3v) is 2.75. The number of carbonyl (C=O) groups is 1. The number of amides is 1. The molecule has 8 heteroatoms. The number of benzene rings is 1. The molecule has 1 aromatic carbocycles. The molecule has 2 aromatic rings. The highest BCUT2D eigenvalue weighted by Crippen LogP contribution is 2.24. The van der Waals surface area contributed by atoms with Gasteiger partial charge in [0.25, 0.3) is 5.91 Å². The summed E-state index contributed by atoms with van der Waals surface area (Å²) in [5, 5.41) is 16.2. The summed E-state index contributed by atoms with van der Waals surface area (Å²) in [5.41, 5.74) is 0.377. The number of rotatable bonds is 5. The second-order valence-electron chi connectivity index (χ2n) is 4.03. The van der Waals surface area contributed by atoms with E-state index in [1.807, 2.05) is 0 Å². The van der Waals surface area contributed by atoms with Gasteiger partial charge in [0, 0.05) is 0 Å². The van der Waals surface area contributed by atoms with Gasteiger partial charge >= 0.3 is 0 Å². The molecule has 0 aliphatic rings. The van der Waals surface area contributed by atoms with Crippen molar-refractivity contribution in [2.45, 2.75) is 13.0 Å². The Hall–Kier alpha value is -2.64. The lowest BCUT2D eigenvalue weighted by Crippen LogP contribution is -2.27. The van der Waals surface area contributed by atoms with Crippen molar-refractivity contribution in [1.29, 1.82) is 0 Å². The van der Waals surface area contributed by atoms with Crippen LogP contribution in [0.3, 0.4) is 0 Å². The average molecular weight is 277 g/mol. The monoisotopic (exact) mass is 277 g/mol. The quantitative estimate of drug-likeness (QED) is 0.834. The van der Waals surface area contributed by atoms with E-state index in [1.54, 1.807) is 25.1 Å². The van der Waals surface area contributed by atoms with Crippen LogP contribution in [0.5, 0.6) is 11.5 Å². The van der Waals surface area contributed by atoms with Gasteiger partial charge < -0.3 is 14.8 Å². The number of H-pyrrole nitrogens is 1. The van der Waals surface area contributed by atoms with E-state index in [0.29, 0.717) is 22.9 Å². The Labute approximate surface area is 115 Å². The van der Waals surface area contributed by atoms with Crippen molar-refractivity contribution < 1.29 is 14.3 Å². The molecule has 0 saturated heterocycles. The van der Waals surface area contributed by atoms with E-state index in [1.165, 1.54) is 14.2 Å². The molecule has 1 amide bonds. The number of ether oxygens (including phenoxy) is 2. The Kier molecular flexibility index (Phi) is 4.14. The van der Waals surface area contributed by atoms with Crippen LogP contribution in [-0.2, 0) is 0 Å². The normalized spacial score (nSPS) is 11.8. The molecule has 2 rings (SSSR count). The van der Waals surface area contributed by atoms with Crippen LogP contribution >= 0.6 is 0 Å². The average Bonchev–Trinajstić information content (AvgIpc) is 3.00. The van der Waals surface area contributed by atoms with Crippen LogP contribution in [0, 0.1) is 0 Å². The smallest absolute Gasteiger partial charge is 0.255 e. The number of nitrogens with one attached hydrogen (secondary N) is 2. The summed E-state index contributed by atoms with van der Waals surface area (Å²) in [7, 11) is 3.03. The fraction of sp³-hybridized carbons (Fsp3) is 0.333. The molecule has 0 aliphatic heterocycles. The number of aromatic amines is 1. The van der Waals surface area contributed by atoms with Gasteiger partial charge in [-0.15, -0.1) is 10.2 Å². The van der Waals surface area contributed by atoms with Gasteiger partial charge in [0.05, 0.1) is 25.8 Å². The Morgan fingerprint density at radius 3 is 2.75 bits per heavy atom. The van der Waals surface area contributed by atoms with Crippen molar-refractivity contribution in [1.82, 2.24) is 25.9 Å². The molecule has 2 N–H and O–H groups in total. The predicted octanol–water partition coefficient (Wildman–Crippen LogP) is 0.708. The van der Waals surface area contributed by atoms with E-state index in [2.05, 4.69) is 25.9 Å². The minimum Gasteiger partial charge on any atom is -0.497 e. The zero-order chi connectivity index (χ0) is 14.5. The molecule has 20 heavy (non-hydrogen) atoms. The Morgan fingerprint density at radius 1 is 1.35 bits per heavy atom. The molecule has 0 bridgehead atoms. The van der Waals surface area contributed by atoms with Gasteiger partial charge in [0.2, 0.25) is 0 Å². The predicted molar refractivity (Wildman–Crippen MR) is 69.6 cm³/mol. The molecular formula is C12H15N5O3.